The van der Waals surface area contributed by atoms with E-state index in [0.29, 0.717) is 42.7 Å². The lowest BCUT2D eigenvalue weighted by Gasteiger charge is -2.23. The van der Waals surface area contributed by atoms with E-state index >= 15 is 0 Å². The highest BCUT2D eigenvalue weighted by molar-refractivity contribution is 5.96. The first kappa shape index (κ1) is 13.1. The molecular formula is C14H18N2O4. The largest absolute Gasteiger partial charge is 0.486 e. The molecule has 2 aliphatic heterocycles. The predicted octanol–water partition coefficient (Wildman–Crippen LogP) is 1.41. The van der Waals surface area contributed by atoms with Crippen LogP contribution in [0.5, 0.6) is 11.5 Å². The molecule has 6 heteroatoms. The Kier molecular flexibility index (Phi) is 3.64. The summed E-state index contributed by atoms with van der Waals surface area (Å²) in [6, 6.07) is 3.40. The van der Waals surface area contributed by atoms with Crippen molar-refractivity contribution < 1.29 is 19.0 Å². The molecule has 1 atom stereocenters. The number of carbonyl (C=O) groups excluding carboxylic acids is 1. The Bertz CT molecular complexity index is 512. The summed E-state index contributed by atoms with van der Waals surface area (Å²) in [6.07, 6.45) is 1.75. The van der Waals surface area contributed by atoms with Crippen molar-refractivity contribution in [3.05, 3.63) is 12.1 Å². The fourth-order valence-corrected chi connectivity index (χ4v) is 2.40. The maximum absolute atomic E-state index is 12.2. The Morgan fingerprint density at radius 2 is 1.95 bits per heavy atom. The summed E-state index contributed by atoms with van der Waals surface area (Å²) in [5, 5.41) is 2.85. The predicted molar refractivity (Wildman–Crippen MR) is 74.0 cm³/mol. The SMILES string of the molecule is Nc1cc2c(cc1NC(=O)C1CCCOC1)OCCO2. The number of nitrogens with one attached hydrogen (secondary N) is 1. The van der Waals surface area contributed by atoms with Gasteiger partial charge in [0.2, 0.25) is 5.91 Å². The molecule has 0 radical (unpaired) electrons. The van der Waals surface area contributed by atoms with Gasteiger partial charge in [-0.3, -0.25) is 4.79 Å². The Labute approximate surface area is 117 Å². The lowest BCUT2D eigenvalue weighted by atomic mass is 10.0. The van der Waals surface area contributed by atoms with Crippen LogP contribution >= 0.6 is 0 Å². The molecule has 0 bridgehead atoms. The van der Waals surface area contributed by atoms with Gasteiger partial charge in [0.25, 0.3) is 0 Å². The maximum Gasteiger partial charge on any atom is 0.229 e. The standard InChI is InChI=1S/C14H18N2O4/c15-10-6-12-13(20-5-4-19-12)7-11(10)16-14(17)9-2-1-3-18-8-9/h6-7,9H,1-5,8,15H2,(H,16,17). The van der Waals surface area contributed by atoms with Crippen LogP contribution in [0, 0.1) is 5.92 Å². The fourth-order valence-electron chi connectivity index (χ4n) is 2.40. The van der Waals surface area contributed by atoms with Crippen LogP contribution in [-0.2, 0) is 9.53 Å². The number of fused-ring (bicyclic) bond motifs is 1. The van der Waals surface area contributed by atoms with E-state index in [4.69, 9.17) is 19.9 Å². The normalized spacial score (nSPS) is 21.3. The average molecular weight is 278 g/mol. The molecule has 1 saturated heterocycles. The zero-order valence-electron chi connectivity index (χ0n) is 11.2. The van der Waals surface area contributed by atoms with Crippen LogP contribution in [0.25, 0.3) is 0 Å². The Morgan fingerprint density at radius 3 is 2.65 bits per heavy atom. The molecule has 0 aliphatic carbocycles. The van der Waals surface area contributed by atoms with Crippen molar-refractivity contribution in [3.63, 3.8) is 0 Å². The maximum atomic E-state index is 12.2. The van der Waals surface area contributed by atoms with Gasteiger partial charge in [0.1, 0.15) is 13.2 Å². The number of ether oxygens (including phenoxy) is 3. The van der Waals surface area contributed by atoms with E-state index in [1.807, 2.05) is 0 Å². The molecule has 20 heavy (non-hydrogen) atoms. The van der Waals surface area contributed by atoms with E-state index in [-0.39, 0.29) is 11.8 Å². The van der Waals surface area contributed by atoms with Crippen LogP contribution in [0.2, 0.25) is 0 Å². The number of nitrogen functional groups attached to an aromatic ring is 1. The van der Waals surface area contributed by atoms with Crippen LogP contribution < -0.4 is 20.5 Å². The minimum Gasteiger partial charge on any atom is -0.486 e. The highest BCUT2D eigenvalue weighted by Crippen LogP contribution is 2.37. The zero-order chi connectivity index (χ0) is 13.9. The van der Waals surface area contributed by atoms with Gasteiger partial charge in [0, 0.05) is 18.7 Å². The molecule has 1 aromatic rings. The Hall–Kier alpha value is -1.95. The molecule has 3 N–H and O–H groups in total. The summed E-state index contributed by atoms with van der Waals surface area (Å²) in [5.74, 6) is 1.05. The number of rotatable bonds is 2. The highest BCUT2D eigenvalue weighted by atomic mass is 16.6. The summed E-state index contributed by atoms with van der Waals surface area (Å²) >= 11 is 0. The van der Waals surface area contributed by atoms with Gasteiger partial charge in [-0.1, -0.05) is 0 Å². The van der Waals surface area contributed by atoms with E-state index in [1.54, 1.807) is 12.1 Å². The van der Waals surface area contributed by atoms with Gasteiger partial charge in [-0.25, -0.2) is 0 Å². The van der Waals surface area contributed by atoms with Crippen molar-refractivity contribution in [1.29, 1.82) is 0 Å². The van der Waals surface area contributed by atoms with E-state index in [0.717, 1.165) is 19.4 Å². The first-order chi connectivity index (χ1) is 9.74. The summed E-state index contributed by atoms with van der Waals surface area (Å²) in [4.78, 5) is 12.2. The van der Waals surface area contributed by atoms with Gasteiger partial charge in [-0.15, -0.1) is 0 Å². The average Bonchev–Trinajstić information content (AvgIpc) is 2.49. The van der Waals surface area contributed by atoms with E-state index in [9.17, 15) is 4.79 Å². The second-order valence-electron chi connectivity index (χ2n) is 4.99. The molecule has 2 heterocycles. The minimum atomic E-state index is -0.114. The van der Waals surface area contributed by atoms with Crippen LogP contribution in [0.3, 0.4) is 0 Å². The van der Waals surface area contributed by atoms with Crippen molar-refractivity contribution in [3.8, 4) is 11.5 Å². The molecule has 0 saturated carbocycles. The molecule has 1 unspecified atom stereocenters. The topological polar surface area (TPSA) is 82.8 Å². The minimum absolute atomic E-state index is 0.0620. The number of hydrogen-bond donors (Lipinski definition) is 2. The number of anilines is 2. The molecule has 3 rings (SSSR count). The number of nitrogens with two attached hydrogens (primary N) is 1. The molecule has 2 aliphatic rings. The van der Waals surface area contributed by atoms with Gasteiger partial charge >= 0.3 is 0 Å². The van der Waals surface area contributed by atoms with Crippen LogP contribution in [0.1, 0.15) is 12.8 Å². The van der Waals surface area contributed by atoms with Crippen molar-refractivity contribution in [2.24, 2.45) is 5.92 Å². The highest BCUT2D eigenvalue weighted by Gasteiger charge is 2.23. The fraction of sp³-hybridized carbons (Fsp3) is 0.500. The summed E-state index contributed by atoms with van der Waals surface area (Å²) in [7, 11) is 0. The smallest absolute Gasteiger partial charge is 0.229 e. The van der Waals surface area contributed by atoms with Crippen LogP contribution in [0.15, 0.2) is 12.1 Å². The first-order valence-corrected chi connectivity index (χ1v) is 6.82. The third-order valence-corrected chi connectivity index (χ3v) is 3.50. The summed E-state index contributed by atoms with van der Waals surface area (Å²) in [5.41, 5.74) is 6.97. The summed E-state index contributed by atoms with van der Waals surface area (Å²) < 4.78 is 16.3. The van der Waals surface area contributed by atoms with Gasteiger partial charge in [0.05, 0.1) is 23.9 Å². The molecule has 1 fully saturated rings. The number of carbonyl (C=O) groups is 1. The lowest BCUT2D eigenvalue weighted by molar-refractivity contribution is -0.123. The van der Waals surface area contributed by atoms with Gasteiger partial charge in [0.15, 0.2) is 11.5 Å². The summed E-state index contributed by atoms with van der Waals surface area (Å²) in [6.45, 7) is 2.21. The van der Waals surface area contributed by atoms with Crippen molar-refractivity contribution in [1.82, 2.24) is 0 Å². The van der Waals surface area contributed by atoms with Crippen molar-refractivity contribution >= 4 is 17.3 Å². The third kappa shape index (κ3) is 2.65. The molecule has 1 amide bonds. The monoisotopic (exact) mass is 278 g/mol. The Balaban J connectivity index is 1.74. The van der Waals surface area contributed by atoms with E-state index in [1.165, 1.54) is 0 Å². The van der Waals surface area contributed by atoms with Crippen molar-refractivity contribution in [2.45, 2.75) is 12.8 Å². The van der Waals surface area contributed by atoms with Crippen molar-refractivity contribution in [2.75, 3.05) is 37.5 Å². The lowest BCUT2D eigenvalue weighted by Crippen LogP contribution is -2.30. The quantitative estimate of drug-likeness (QED) is 0.799. The first-order valence-electron chi connectivity index (χ1n) is 6.82. The second-order valence-corrected chi connectivity index (χ2v) is 4.99. The number of benzene rings is 1. The molecule has 1 aromatic carbocycles. The molecule has 0 aromatic heterocycles. The Morgan fingerprint density at radius 1 is 1.20 bits per heavy atom. The van der Waals surface area contributed by atoms with Gasteiger partial charge in [-0.2, -0.15) is 0 Å². The number of hydrogen-bond acceptors (Lipinski definition) is 5. The second kappa shape index (κ2) is 5.58. The van der Waals surface area contributed by atoms with E-state index < -0.39 is 0 Å². The van der Waals surface area contributed by atoms with Crippen LogP contribution in [-0.4, -0.2) is 32.3 Å². The zero-order valence-corrected chi connectivity index (χ0v) is 11.2. The molecular weight excluding hydrogens is 260 g/mol. The van der Waals surface area contributed by atoms with Crippen LogP contribution in [0.4, 0.5) is 11.4 Å². The molecule has 6 nitrogen and oxygen atoms in total. The number of amides is 1. The molecule has 108 valence electrons. The third-order valence-electron chi connectivity index (χ3n) is 3.50. The molecule has 0 spiro atoms. The van der Waals surface area contributed by atoms with Gasteiger partial charge in [-0.05, 0) is 12.8 Å². The van der Waals surface area contributed by atoms with E-state index in [2.05, 4.69) is 5.32 Å². The van der Waals surface area contributed by atoms with Gasteiger partial charge < -0.3 is 25.3 Å².